The summed E-state index contributed by atoms with van der Waals surface area (Å²) in [5.74, 6) is 0. The second kappa shape index (κ2) is 5.33. The van der Waals surface area contributed by atoms with Crippen LogP contribution in [0, 0.1) is 6.92 Å². The van der Waals surface area contributed by atoms with Gasteiger partial charge in [0.2, 0.25) is 0 Å². The molecule has 0 saturated carbocycles. The Kier molecular flexibility index (Phi) is 3.80. The maximum Gasteiger partial charge on any atom is 0.0719 e. The fourth-order valence-corrected chi connectivity index (χ4v) is 2.03. The molecule has 2 rings (SSSR count). The molecule has 0 bridgehead atoms. The van der Waals surface area contributed by atoms with Crippen LogP contribution in [0.15, 0.2) is 30.5 Å². The van der Waals surface area contributed by atoms with Crippen molar-refractivity contribution in [1.29, 1.82) is 0 Å². The number of fused-ring (bicyclic) bond motifs is 1. The number of aromatic nitrogens is 1. The highest BCUT2D eigenvalue weighted by molar-refractivity contribution is 6.31. The summed E-state index contributed by atoms with van der Waals surface area (Å²) < 4.78 is 0. The minimum Gasteiger partial charge on any atom is -0.256 e. The van der Waals surface area contributed by atoms with Crippen molar-refractivity contribution in [1.82, 2.24) is 4.98 Å². The molecule has 0 radical (unpaired) electrons. The molecule has 0 aliphatic rings. The van der Waals surface area contributed by atoms with Crippen LogP contribution in [0.1, 0.15) is 30.9 Å². The van der Waals surface area contributed by atoms with E-state index in [1.165, 1.54) is 22.9 Å². The van der Waals surface area contributed by atoms with Gasteiger partial charge in [-0.15, -0.1) is 0 Å². The number of rotatable bonds is 3. The van der Waals surface area contributed by atoms with Gasteiger partial charge in [0.15, 0.2) is 0 Å². The van der Waals surface area contributed by atoms with E-state index >= 15 is 0 Å². The van der Waals surface area contributed by atoms with Crippen LogP contribution in [0.3, 0.4) is 0 Å². The molecule has 2 aromatic rings. The van der Waals surface area contributed by atoms with Crippen molar-refractivity contribution in [2.45, 2.75) is 26.7 Å². The third kappa shape index (κ3) is 2.67. The lowest BCUT2D eigenvalue weighted by Crippen LogP contribution is -1.87. The van der Waals surface area contributed by atoms with Gasteiger partial charge in [-0.1, -0.05) is 43.2 Å². The van der Waals surface area contributed by atoms with Gasteiger partial charge in [-0.2, -0.15) is 0 Å². The standard InChI is InChI=1S/C15H16ClN/c1-3-4-5-6-12-10-17-15-9-13(16)7-8-14(15)11(12)2/h5-10H,3-4H2,1-2H3. The van der Waals surface area contributed by atoms with Crippen molar-refractivity contribution in [3.05, 3.63) is 46.6 Å². The summed E-state index contributed by atoms with van der Waals surface area (Å²) in [7, 11) is 0. The molecule has 2 heteroatoms. The molecule has 0 aliphatic heterocycles. The Morgan fingerprint density at radius 2 is 2.18 bits per heavy atom. The van der Waals surface area contributed by atoms with Crippen molar-refractivity contribution >= 4 is 28.6 Å². The fraction of sp³-hybridized carbons (Fsp3) is 0.267. The summed E-state index contributed by atoms with van der Waals surface area (Å²) in [4.78, 5) is 4.45. The SMILES string of the molecule is CCCC=Cc1cnc2cc(Cl)ccc2c1C. The molecule has 88 valence electrons. The van der Waals surface area contributed by atoms with Gasteiger partial charge in [0.05, 0.1) is 5.52 Å². The molecule has 0 spiro atoms. The molecule has 1 aromatic heterocycles. The van der Waals surface area contributed by atoms with E-state index in [0.29, 0.717) is 0 Å². The molecule has 17 heavy (non-hydrogen) atoms. The monoisotopic (exact) mass is 245 g/mol. The Morgan fingerprint density at radius 1 is 1.35 bits per heavy atom. The Morgan fingerprint density at radius 3 is 2.94 bits per heavy atom. The van der Waals surface area contributed by atoms with Crippen LogP contribution >= 0.6 is 11.6 Å². The van der Waals surface area contributed by atoms with E-state index in [0.717, 1.165) is 17.0 Å². The van der Waals surface area contributed by atoms with Crippen LogP contribution in [-0.4, -0.2) is 4.98 Å². The number of nitrogens with zero attached hydrogens (tertiary/aromatic N) is 1. The van der Waals surface area contributed by atoms with Crippen LogP contribution in [0.4, 0.5) is 0 Å². The van der Waals surface area contributed by atoms with Gasteiger partial charge in [-0.25, -0.2) is 0 Å². The van der Waals surface area contributed by atoms with Gasteiger partial charge in [-0.3, -0.25) is 4.98 Å². The van der Waals surface area contributed by atoms with Crippen molar-refractivity contribution in [3.8, 4) is 0 Å². The van der Waals surface area contributed by atoms with Crippen LogP contribution in [-0.2, 0) is 0 Å². The summed E-state index contributed by atoms with van der Waals surface area (Å²) >= 11 is 5.96. The van der Waals surface area contributed by atoms with Crippen LogP contribution < -0.4 is 0 Å². The first kappa shape index (κ1) is 12.1. The molecular formula is C15H16ClN. The molecule has 1 heterocycles. The summed E-state index contributed by atoms with van der Waals surface area (Å²) in [6, 6.07) is 5.86. The number of aryl methyl sites for hydroxylation is 1. The normalized spacial score (nSPS) is 11.5. The van der Waals surface area contributed by atoms with Crippen molar-refractivity contribution in [3.63, 3.8) is 0 Å². The largest absolute Gasteiger partial charge is 0.256 e. The predicted molar refractivity (Wildman–Crippen MR) is 75.4 cm³/mol. The molecule has 0 N–H and O–H groups in total. The van der Waals surface area contributed by atoms with Crippen LogP contribution in [0.25, 0.3) is 17.0 Å². The van der Waals surface area contributed by atoms with Crippen LogP contribution in [0.2, 0.25) is 5.02 Å². The number of hydrogen-bond acceptors (Lipinski definition) is 1. The van der Waals surface area contributed by atoms with Crippen molar-refractivity contribution in [2.75, 3.05) is 0 Å². The van der Waals surface area contributed by atoms with E-state index in [9.17, 15) is 0 Å². The number of benzene rings is 1. The average molecular weight is 246 g/mol. The molecule has 0 saturated heterocycles. The fourth-order valence-electron chi connectivity index (χ4n) is 1.87. The highest BCUT2D eigenvalue weighted by Gasteiger charge is 2.02. The molecule has 0 aliphatic carbocycles. The third-order valence-electron chi connectivity index (χ3n) is 2.89. The second-order valence-corrected chi connectivity index (χ2v) is 4.63. The molecule has 0 atom stereocenters. The van der Waals surface area contributed by atoms with E-state index < -0.39 is 0 Å². The minimum atomic E-state index is 0.735. The van der Waals surface area contributed by atoms with Gasteiger partial charge < -0.3 is 0 Å². The molecule has 0 unspecified atom stereocenters. The lowest BCUT2D eigenvalue weighted by atomic mass is 10.0. The lowest BCUT2D eigenvalue weighted by molar-refractivity contribution is 0.962. The van der Waals surface area contributed by atoms with Crippen molar-refractivity contribution in [2.24, 2.45) is 0 Å². The Bertz CT molecular complexity index is 558. The molecule has 1 aromatic carbocycles. The molecule has 1 nitrogen and oxygen atoms in total. The average Bonchev–Trinajstić information content (AvgIpc) is 2.32. The zero-order valence-corrected chi connectivity index (χ0v) is 11.0. The Labute approximate surface area is 107 Å². The summed E-state index contributed by atoms with van der Waals surface area (Å²) in [6.07, 6.45) is 8.55. The molecule has 0 amide bonds. The predicted octanol–water partition coefficient (Wildman–Crippen LogP) is 5.01. The summed E-state index contributed by atoms with van der Waals surface area (Å²) in [6.45, 7) is 4.31. The number of pyridine rings is 1. The second-order valence-electron chi connectivity index (χ2n) is 4.19. The number of halogens is 1. The number of allylic oxidation sites excluding steroid dienone is 1. The molecule has 0 fully saturated rings. The van der Waals surface area contributed by atoms with E-state index in [1.807, 2.05) is 24.4 Å². The third-order valence-corrected chi connectivity index (χ3v) is 3.13. The summed E-state index contributed by atoms with van der Waals surface area (Å²) in [5, 5.41) is 1.91. The maximum atomic E-state index is 5.96. The first-order chi connectivity index (χ1) is 8.22. The van der Waals surface area contributed by atoms with Crippen LogP contribution in [0.5, 0.6) is 0 Å². The van der Waals surface area contributed by atoms with E-state index in [-0.39, 0.29) is 0 Å². The highest BCUT2D eigenvalue weighted by Crippen LogP contribution is 2.23. The zero-order chi connectivity index (χ0) is 12.3. The summed E-state index contributed by atoms with van der Waals surface area (Å²) in [5.41, 5.74) is 3.41. The van der Waals surface area contributed by atoms with E-state index in [1.54, 1.807) is 0 Å². The zero-order valence-electron chi connectivity index (χ0n) is 10.2. The van der Waals surface area contributed by atoms with E-state index in [4.69, 9.17) is 11.6 Å². The van der Waals surface area contributed by atoms with Crippen molar-refractivity contribution < 1.29 is 0 Å². The number of unbranched alkanes of at least 4 members (excludes halogenated alkanes) is 1. The highest BCUT2D eigenvalue weighted by atomic mass is 35.5. The van der Waals surface area contributed by atoms with Gasteiger partial charge >= 0.3 is 0 Å². The topological polar surface area (TPSA) is 12.9 Å². The lowest BCUT2D eigenvalue weighted by Gasteiger charge is -2.05. The minimum absolute atomic E-state index is 0.735. The Hall–Kier alpha value is -1.34. The Balaban J connectivity index is 2.47. The number of hydrogen-bond donors (Lipinski definition) is 0. The van der Waals surface area contributed by atoms with Gasteiger partial charge in [0, 0.05) is 16.6 Å². The first-order valence-electron chi connectivity index (χ1n) is 5.93. The van der Waals surface area contributed by atoms with Gasteiger partial charge in [-0.05, 0) is 36.6 Å². The smallest absolute Gasteiger partial charge is 0.0719 e. The first-order valence-corrected chi connectivity index (χ1v) is 6.31. The van der Waals surface area contributed by atoms with Gasteiger partial charge in [0.25, 0.3) is 0 Å². The molecular weight excluding hydrogens is 230 g/mol. The maximum absolute atomic E-state index is 5.96. The quantitative estimate of drug-likeness (QED) is 0.741. The van der Waals surface area contributed by atoms with Gasteiger partial charge in [0.1, 0.15) is 0 Å². The van der Waals surface area contributed by atoms with E-state index in [2.05, 4.69) is 31.0 Å².